The van der Waals surface area contributed by atoms with E-state index in [1.165, 1.54) is 4.88 Å². The molecule has 0 saturated carbocycles. The maximum atomic E-state index is 10.1. The minimum absolute atomic E-state index is 0.117. The van der Waals surface area contributed by atoms with Crippen molar-refractivity contribution in [3.63, 3.8) is 0 Å². The van der Waals surface area contributed by atoms with Gasteiger partial charge in [0.05, 0.1) is 12.3 Å². The molecule has 0 bridgehead atoms. The molecule has 0 amide bonds. The molecule has 1 unspecified atom stereocenters. The number of aliphatic hydroxyl groups excluding tert-OH is 1. The lowest BCUT2D eigenvalue weighted by molar-refractivity contribution is 0.278. The van der Waals surface area contributed by atoms with E-state index in [-0.39, 0.29) is 18.4 Å². The first-order chi connectivity index (χ1) is 9.67. The molecule has 0 radical (unpaired) electrons. The molecule has 2 heterocycles. The molecule has 20 heavy (non-hydrogen) atoms. The number of hydrogen-bond donors (Lipinski definition) is 3. The van der Waals surface area contributed by atoms with Crippen molar-refractivity contribution in [2.45, 2.75) is 39.5 Å². The number of aromatic hydroxyl groups is 1. The largest absolute Gasteiger partial charge is 0.506 e. The minimum atomic E-state index is -0.117. The first-order valence-electron chi connectivity index (χ1n) is 6.71. The molecule has 0 aliphatic rings. The Morgan fingerprint density at radius 1 is 1.45 bits per heavy atom. The molecular formula is C15H20N2O2S. The van der Waals surface area contributed by atoms with Crippen molar-refractivity contribution >= 4 is 11.3 Å². The second-order valence-corrected chi connectivity index (χ2v) is 5.69. The number of aliphatic hydroxyl groups is 1. The lowest BCUT2D eigenvalue weighted by atomic mass is 10.1. The van der Waals surface area contributed by atoms with Gasteiger partial charge in [0, 0.05) is 34.8 Å². The van der Waals surface area contributed by atoms with Crippen molar-refractivity contribution in [3.05, 3.63) is 45.4 Å². The molecule has 0 spiro atoms. The second kappa shape index (κ2) is 6.83. The van der Waals surface area contributed by atoms with E-state index in [1.807, 2.05) is 6.07 Å². The van der Waals surface area contributed by atoms with Gasteiger partial charge in [-0.1, -0.05) is 13.0 Å². The lowest BCUT2D eigenvalue weighted by Crippen LogP contribution is -2.20. The number of thiophene rings is 1. The van der Waals surface area contributed by atoms with Crippen molar-refractivity contribution in [1.82, 2.24) is 10.3 Å². The van der Waals surface area contributed by atoms with Gasteiger partial charge in [0.25, 0.3) is 0 Å². The molecule has 108 valence electrons. The normalized spacial score (nSPS) is 12.6. The first-order valence-corrected chi connectivity index (χ1v) is 7.59. The number of aryl methyl sites for hydroxylation is 1. The van der Waals surface area contributed by atoms with Gasteiger partial charge in [0.2, 0.25) is 0 Å². The zero-order valence-corrected chi connectivity index (χ0v) is 12.6. The van der Waals surface area contributed by atoms with E-state index in [4.69, 9.17) is 0 Å². The Kier molecular flexibility index (Phi) is 5.11. The van der Waals surface area contributed by atoms with Crippen molar-refractivity contribution in [2.24, 2.45) is 0 Å². The van der Waals surface area contributed by atoms with E-state index < -0.39 is 0 Å². The topological polar surface area (TPSA) is 65.4 Å². The Hall–Kier alpha value is -1.43. The third-order valence-electron chi connectivity index (χ3n) is 3.42. The molecule has 0 aliphatic heterocycles. The van der Waals surface area contributed by atoms with Crippen LogP contribution in [0.1, 0.15) is 41.1 Å². The molecule has 2 aromatic heterocycles. The van der Waals surface area contributed by atoms with Crippen LogP contribution >= 0.6 is 11.3 Å². The van der Waals surface area contributed by atoms with E-state index in [2.05, 4.69) is 28.7 Å². The van der Waals surface area contributed by atoms with Crippen LogP contribution in [-0.2, 0) is 13.2 Å². The Balaban J connectivity index is 2.16. The Bertz CT molecular complexity index is 555. The number of hydrogen-bond acceptors (Lipinski definition) is 5. The van der Waals surface area contributed by atoms with Crippen LogP contribution < -0.4 is 5.32 Å². The van der Waals surface area contributed by atoms with Crippen molar-refractivity contribution in [1.29, 1.82) is 0 Å². The minimum Gasteiger partial charge on any atom is -0.506 e. The molecule has 0 aromatic carbocycles. The van der Waals surface area contributed by atoms with Crippen LogP contribution in [0.4, 0.5) is 0 Å². The Morgan fingerprint density at radius 2 is 2.25 bits per heavy atom. The molecule has 4 nitrogen and oxygen atoms in total. The van der Waals surface area contributed by atoms with E-state index >= 15 is 0 Å². The number of nitrogens with one attached hydrogen (secondary N) is 1. The number of pyridine rings is 1. The summed E-state index contributed by atoms with van der Waals surface area (Å²) < 4.78 is 0. The SMILES string of the molecule is CCC(NCc1c(CO)cnc(C)c1O)c1cccs1. The molecule has 5 heteroatoms. The number of aromatic nitrogens is 1. The standard InChI is InChI=1S/C15H20N2O2S/c1-3-13(14-5-4-6-20-14)17-8-12-11(9-18)7-16-10(2)15(12)19/h4-7,13,17-19H,3,8-9H2,1-2H3. The smallest absolute Gasteiger partial charge is 0.141 e. The summed E-state index contributed by atoms with van der Waals surface area (Å²) >= 11 is 1.72. The lowest BCUT2D eigenvalue weighted by Gasteiger charge is -2.18. The third kappa shape index (κ3) is 3.17. The fraction of sp³-hybridized carbons (Fsp3) is 0.400. The summed E-state index contributed by atoms with van der Waals surface area (Å²) in [6.07, 6.45) is 2.60. The maximum absolute atomic E-state index is 10.1. The fourth-order valence-electron chi connectivity index (χ4n) is 2.18. The highest BCUT2D eigenvalue weighted by Crippen LogP contribution is 2.26. The zero-order valence-electron chi connectivity index (χ0n) is 11.8. The quantitative estimate of drug-likeness (QED) is 0.766. The van der Waals surface area contributed by atoms with Gasteiger partial charge >= 0.3 is 0 Å². The van der Waals surface area contributed by atoms with Gasteiger partial charge < -0.3 is 15.5 Å². The number of nitrogens with zero attached hydrogens (tertiary/aromatic N) is 1. The maximum Gasteiger partial charge on any atom is 0.141 e. The highest BCUT2D eigenvalue weighted by molar-refractivity contribution is 7.10. The summed E-state index contributed by atoms with van der Waals surface area (Å²) in [7, 11) is 0. The van der Waals surface area contributed by atoms with Crippen LogP contribution in [0, 0.1) is 6.92 Å². The molecule has 1 atom stereocenters. The third-order valence-corrected chi connectivity index (χ3v) is 4.41. The van der Waals surface area contributed by atoms with Gasteiger partial charge in [-0.15, -0.1) is 11.3 Å². The van der Waals surface area contributed by atoms with Crippen molar-refractivity contribution in [2.75, 3.05) is 0 Å². The van der Waals surface area contributed by atoms with Gasteiger partial charge in [-0.2, -0.15) is 0 Å². The highest BCUT2D eigenvalue weighted by Gasteiger charge is 2.14. The summed E-state index contributed by atoms with van der Waals surface area (Å²) in [5.41, 5.74) is 1.99. The molecule has 0 fully saturated rings. The van der Waals surface area contributed by atoms with E-state index in [1.54, 1.807) is 24.5 Å². The van der Waals surface area contributed by atoms with Gasteiger partial charge in [0.15, 0.2) is 0 Å². The van der Waals surface area contributed by atoms with Gasteiger partial charge in [-0.25, -0.2) is 0 Å². The summed E-state index contributed by atoms with van der Waals surface area (Å²) in [4.78, 5) is 5.35. The van der Waals surface area contributed by atoms with E-state index in [0.717, 1.165) is 12.0 Å². The molecular weight excluding hydrogens is 272 g/mol. The fourth-order valence-corrected chi connectivity index (χ4v) is 3.06. The van der Waals surface area contributed by atoms with Crippen LogP contribution in [0.15, 0.2) is 23.7 Å². The van der Waals surface area contributed by atoms with E-state index in [9.17, 15) is 10.2 Å². The Labute approximate surface area is 123 Å². The van der Waals surface area contributed by atoms with Crippen LogP contribution in [0.5, 0.6) is 5.75 Å². The molecule has 2 rings (SSSR count). The summed E-state index contributed by atoms with van der Waals surface area (Å²) in [6, 6.07) is 4.41. The monoisotopic (exact) mass is 292 g/mol. The van der Waals surface area contributed by atoms with Gasteiger partial charge in [-0.3, -0.25) is 4.98 Å². The highest BCUT2D eigenvalue weighted by atomic mass is 32.1. The molecule has 3 N–H and O–H groups in total. The average molecular weight is 292 g/mol. The summed E-state index contributed by atoms with van der Waals surface area (Å²) in [5.74, 6) is 0.171. The average Bonchev–Trinajstić information content (AvgIpc) is 2.98. The molecule has 0 aliphatic carbocycles. The summed E-state index contributed by atoms with van der Waals surface area (Å²) in [6.45, 7) is 4.29. The van der Waals surface area contributed by atoms with Crippen LogP contribution in [0.25, 0.3) is 0 Å². The van der Waals surface area contributed by atoms with Gasteiger partial charge in [-0.05, 0) is 24.8 Å². The van der Waals surface area contributed by atoms with Crippen LogP contribution in [-0.4, -0.2) is 15.2 Å². The summed E-state index contributed by atoms with van der Waals surface area (Å²) in [5, 5.41) is 25.0. The first kappa shape index (κ1) is 15.0. The van der Waals surface area contributed by atoms with E-state index in [0.29, 0.717) is 17.8 Å². The number of rotatable bonds is 6. The second-order valence-electron chi connectivity index (χ2n) is 4.71. The zero-order chi connectivity index (χ0) is 14.5. The van der Waals surface area contributed by atoms with Gasteiger partial charge in [0.1, 0.15) is 5.75 Å². The Morgan fingerprint density at radius 3 is 2.85 bits per heavy atom. The van der Waals surface area contributed by atoms with Crippen molar-refractivity contribution < 1.29 is 10.2 Å². The predicted octanol–water partition coefficient (Wildman–Crippen LogP) is 2.89. The van der Waals surface area contributed by atoms with Crippen LogP contribution in [0.3, 0.4) is 0 Å². The van der Waals surface area contributed by atoms with Crippen LogP contribution in [0.2, 0.25) is 0 Å². The molecule has 0 saturated heterocycles. The molecule has 2 aromatic rings. The van der Waals surface area contributed by atoms with Crippen molar-refractivity contribution in [3.8, 4) is 5.75 Å². The predicted molar refractivity (Wildman–Crippen MR) is 80.8 cm³/mol.